The average molecular weight is 308 g/mol. The Hall–Kier alpha value is -2.24. The van der Waals surface area contributed by atoms with Gasteiger partial charge in [-0.3, -0.25) is 4.68 Å². The van der Waals surface area contributed by atoms with Gasteiger partial charge < -0.3 is 0 Å². The maximum atomic E-state index is 13.3. The van der Waals surface area contributed by atoms with E-state index in [9.17, 15) is 12.8 Å². The molecule has 0 aliphatic heterocycles. The predicted octanol–water partition coefficient (Wildman–Crippen LogP) is 1.25. The minimum Gasteiger partial charge on any atom is -0.275 e. The molecule has 0 amide bonds. The Bertz CT molecular complexity index is 808. The summed E-state index contributed by atoms with van der Waals surface area (Å²) in [6, 6.07) is 4.78. The van der Waals surface area contributed by atoms with Crippen molar-refractivity contribution in [3.63, 3.8) is 0 Å². The van der Waals surface area contributed by atoms with Gasteiger partial charge in [-0.2, -0.15) is 14.7 Å². The topological polar surface area (TPSA) is 79.0 Å². The number of nitrogens with zero attached hydrogens (tertiary/aromatic N) is 4. The standard InChI is InChI=1S/C13H13FN4O2S/c1-17-8-10(7-16-17)9-18(2)21(19,20)12-3-4-13(14)11(5-12)6-15/h3-5,7-8H,9H2,1-2H3. The van der Waals surface area contributed by atoms with Gasteiger partial charge in [0.05, 0.1) is 16.7 Å². The van der Waals surface area contributed by atoms with E-state index in [2.05, 4.69) is 5.10 Å². The summed E-state index contributed by atoms with van der Waals surface area (Å²) in [6.07, 6.45) is 3.27. The molecular weight excluding hydrogens is 295 g/mol. The third kappa shape index (κ3) is 3.09. The van der Waals surface area contributed by atoms with E-state index in [0.29, 0.717) is 0 Å². The summed E-state index contributed by atoms with van der Waals surface area (Å²) in [5, 5.41) is 12.7. The van der Waals surface area contributed by atoms with Crippen LogP contribution in [0.25, 0.3) is 0 Å². The van der Waals surface area contributed by atoms with Gasteiger partial charge in [-0.25, -0.2) is 12.8 Å². The number of nitriles is 1. The van der Waals surface area contributed by atoms with E-state index >= 15 is 0 Å². The first-order valence-electron chi connectivity index (χ1n) is 5.98. The molecule has 1 aromatic carbocycles. The maximum absolute atomic E-state index is 13.3. The van der Waals surface area contributed by atoms with Crippen molar-refractivity contribution in [2.45, 2.75) is 11.4 Å². The molecule has 0 saturated heterocycles. The van der Waals surface area contributed by atoms with Gasteiger partial charge in [0, 0.05) is 32.4 Å². The van der Waals surface area contributed by atoms with Crippen LogP contribution >= 0.6 is 0 Å². The predicted molar refractivity (Wildman–Crippen MR) is 73.0 cm³/mol. The monoisotopic (exact) mass is 308 g/mol. The molecule has 110 valence electrons. The molecule has 0 aliphatic rings. The van der Waals surface area contributed by atoms with Crippen molar-refractivity contribution in [2.75, 3.05) is 7.05 Å². The van der Waals surface area contributed by atoms with Gasteiger partial charge in [-0.15, -0.1) is 0 Å². The highest BCUT2D eigenvalue weighted by molar-refractivity contribution is 7.89. The van der Waals surface area contributed by atoms with Crippen LogP contribution in [0.15, 0.2) is 35.5 Å². The summed E-state index contributed by atoms with van der Waals surface area (Å²) in [5.74, 6) is -0.744. The number of aryl methyl sites for hydroxylation is 1. The van der Waals surface area contributed by atoms with Gasteiger partial charge in [0.25, 0.3) is 0 Å². The molecule has 0 bridgehead atoms. The number of hydrogen-bond donors (Lipinski definition) is 0. The molecule has 0 fully saturated rings. The fourth-order valence-electron chi connectivity index (χ4n) is 1.83. The summed E-state index contributed by atoms with van der Waals surface area (Å²) >= 11 is 0. The van der Waals surface area contributed by atoms with Gasteiger partial charge >= 0.3 is 0 Å². The Morgan fingerprint density at radius 1 is 1.48 bits per heavy atom. The van der Waals surface area contributed by atoms with E-state index < -0.39 is 15.8 Å². The summed E-state index contributed by atoms with van der Waals surface area (Å²) in [4.78, 5) is -0.119. The zero-order valence-electron chi connectivity index (χ0n) is 11.5. The van der Waals surface area contributed by atoms with Crippen molar-refractivity contribution >= 4 is 10.0 Å². The molecule has 0 N–H and O–H groups in total. The van der Waals surface area contributed by atoms with Gasteiger partial charge in [-0.1, -0.05) is 0 Å². The highest BCUT2D eigenvalue weighted by Crippen LogP contribution is 2.19. The second-order valence-electron chi connectivity index (χ2n) is 4.54. The van der Waals surface area contributed by atoms with Gasteiger partial charge in [0.2, 0.25) is 10.0 Å². The highest BCUT2D eigenvalue weighted by atomic mass is 32.2. The Kier molecular flexibility index (Phi) is 4.06. The first-order chi connectivity index (χ1) is 9.84. The second-order valence-corrected chi connectivity index (χ2v) is 6.58. The first-order valence-corrected chi connectivity index (χ1v) is 7.42. The SMILES string of the molecule is CN(Cc1cnn(C)c1)S(=O)(=O)c1ccc(F)c(C#N)c1. The molecule has 21 heavy (non-hydrogen) atoms. The van der Waals surface area contributed by atoms with E-state index in [1.807, 2.05) is 0 Å². The number of halogens is 1. The Labute approximate surface area is 122 Å². The lowest BCUT2D eigenvalue weighted by atomic mass is 10.2. The summed E-state index contributed by atoms with van der Waals surface area (Å²) in [6.45, 7) is 0.134. The minimum atomic E-state index is -3.80. The number of aromatic nitrogens is 2. The van der Waals surface area contributed by atoms with Crippen LogP contribution in [-0.4, -0.2) is 29.6 Å². The normalized spacial score (nSPS) is 11.6. The van der Waals surface area contributed by atoms with Gasteiger partial charge in [-0.05, 0) is 18.2 Å². The van der Waals surface area contributed by atoms with E-state index in [1.54, 1.807) is 30.2 Å². The summed E-state index contributed by atoms with van der Waals surface area (Å²) in [5.41, 5.74) is 0.428. The zero-order valence-corrected chi connectivity index (χ0v) is 12.3. The second kappa shape index (κ2) is 5.63. The zero-order chi connectivity index (χ0) is 15.6. The summed E-state index contributed by atoms with van der Waals surface area (Å²) < 4.78 is 40.7. The van der Waals surface area contributed by atoms with Crippen LogP contribution in [0.4, 0.5) is 4.39 Å². The number of benzene rings is 1. The smallest absolute Gasteiger partial charge is 0.243 e. The van der Waals surface area contributed by atoms with Crippen molar-refractivity contribution in [3.05, 3.63) is 47.5 Å². The van der Waals surface area contributed by atoms with Crippen LogP contribution in [0.3, 0.4) is 0 Å². The third-order valence-electron chi connectivity index (χ3n) is 2.93. The van der Waals surface area contributed by atoms with E-state index in [-0.39, 0.29) is 17.0 Å². The molecule has 1 aromatic heterocycles. The van der Waals surface area contributed by atoms with E-state index in [4.69, 9.17) is 5.26 Å². The molecule has 2 aromatic rings. The highest BCUT2D eigenvalue weighted by Gasteiger charge is 2.22. The molecule has 6 nitrogen and oxygen atoms in total. The molecule has 0 aliphatic carbocycles. The Morgan fingerprint density at radius 2 is 2.19 bits per heavy atom. The molecule has 2 rings (SSSR count). The fourth-order valence-corrected chi connectivity index (χ4v) is 3.01. The largest absolute Gasteiger partial charge is 0.275 e. The van der Waals surface area contributed by atoms with Crippen molar-refractivity contribution in [3.8, 4) is 6.07 Å². The quantitative estimate of drug-likeness (QED) is 0.851. The number of hydrogen-bond acceptors (Lipinski definition) is 4. The molecule has 0 radical (unpaired) electrons. The van der Waals surface area contributed by atoms with Crippen molar-refractivity contribution in [1.29, 1.82) is 5.26 Å². The Balaban J connectivity index is 2.31. The van der Waals surface area contributed by atoms with Crippen LogP contribution in [-0.2, 0) is 23.6 Å². The minimum absolute atomic E-state index is 0.119. The number of rotatable bonds is 4. The molecular formula is C13H13FN4O2S. The van der Waals surface area contributed by atoms with E-state index in [1.165, 1.54) is 7.05 Å². The van der Waals surface area contributed by atoms with Crippen LogP contribution in [0, 0.1) is 17.1 Å². The number of sulfonamides is 1. The van der Waals surface area contributed by atoms with Crippen LogP contribution in [0.2, 0.25) is 0 Å². The molecule has 0 saturated carbocycles. The molecule has 0 atom stereocenters. The third-order valence-corrected chi connectivity index (χ3v) is 4.73. The average Bonchev–Trinajstić information content (AvgIpc) is 2.84. The van der Waals surface area contributed by atoms with Gasteiger partial charge in [0.1, 0.15) is 11.9 Å². The van der Waals surface area contributed by atoms with Crippen molar-refractivity contribution in [2.24, 2.45) is 7.05 Å². The lowest BCUT2D eigenvalue weighted by Gasteiger charge is -2.16. The molecule has 0 unspecified atom stereocenters. The molecule has 8 heteroatoms. The van der Waals surface area contributed by atoms with Crippen LogP contribution < -0.4 is 0 Å². The van der Waals surface area contributed by atoms with Crippen LogP contribution in [0.5, 0.6) is 0 Å². The van der Waals surface area contributed by atoms with Crippen molar-refractivity contribution < 1.29 is 12.8 Å². The lowest BCUT2D eigenvalue weighted by molar-refractivity contribution is 0.466. The first kappa shape index (κ1) is 15.2. The van der Waals surface area contributed by atoms with Crippen LogP contribution in [0.1, 0.15) is 11.1 Å². The Morgan fingerprint density at radius 3 is 2.76 bits per heavy atom. The fraction of sp³-hybridized carbons (Fsp3) is 0.231. The van der Waals surface area contributed by atoms with Gasteiger partial charge in [0.15, 0.2) is 0 Å². The molecule has 0 spiro atoms. The lowest BCUT2D eigenvalue weighted by Crippen LogP contribution is -2.26. The summed E-state index contributed by atoms with van der Waals surface area (Å²) in [7, 11) is -0.651. The van der Waals surface area contributed by atoms with Crippen molar-refractivity contribution in [1.82, 2.24) is 14.1 Å². The van der Waals surface area contributed by atoms with E-state index in [0.717, 1.165) is 28.1 Å². The maximum Gasteiger partial charge on any atom is 0.243 e. The molecule has 1 heterocycles.